The first-order valence-corrected chi connectivity index (χ1v) is 12.5. The molecule has 0 saturated heterocycles. The molecule has 3 aliphatic carbocycles. The zero-order valence-corrected chi connectivity index (χ0v) is 19.7. The SMILES string of the molecule is CC(C)CCC[C@H](C)C1CCC2C(=CC=C3C[C@@H](O)C(C)[C@H](O)C3)CCC[C@@]21C. The summed E-state index contributed by atoms with van der Waals surface area (Å²) in [5, 5.41) is 20.5. The molecule has 0 bridgehead atoms. The van der Waals surface area contributed by atoms with E-state index >= 15 is 0 Å². The van der Waals surface area contributed by atoms with Crippen LogP contribution in [0.3, 0.4) is 0 Å². The Balaban J connectivity index is 1.68. The Morgan fingerprint density at radius 2 is 1.72 bits per heavy atom. The molecule has 0 radical (unpaired) electrons. The molecule has 2 nitrogen and oxygen atoms in total. The van der Waals surface area contributed by atoms with Gasteiger partial charge >= 0.3 is 0 Å². The highest BCUT2D eigenvalue weighted by Crippen LogP contribution is 2.59. The predicted octanol–water partition coefficient (Wildman–Crippen LogP) is 6.67. The molecule has 0 aromatic rings. The van der Waals surface area contributed by atoms with Crippen LogP contribution in [-0.4, -0.2) is 22.4 Å². The molecule has 3 rings (SSSR count). The molecule has 0 spiro atoms. The Bertz CT molecular complexity index is 590. The molecule has 6 atom stereocenters. The van der Waals surface area contributed by atoms with Crippen LogP contribution in [0, 0.1) is 35.0 Å². The maximum absolute atomic E-state index is 10.2. The summed E-state index contributed by atoms with van der Waals surface area (Å²) < 4.78 is 0. The van der Waals surface area contributed by atoms with E-state index in [1.807, 2.05) is 6.92 Å². The molecular weight excluding hydrogens is 356 g/mol. The van der Waals surface area contributed by atoms with E-state index in [2.05, 4.69) is 39.8 Å². The molecule has 3 fully saturated rings. The molecule has 3 aliphatic rings. The minimum Gasteiger partial charge on any atom is -0.392 e. The summed E-state index contributed by atoms with van der Waals surface area (Å²) in [4.78, 5) is 0. The normalized spacial score (nSPS) is 40.3. The second-order valence-electron chi connectivity index (χ2n) is 11.4. The van der Waals surface area contributed by atoms with Crippen molar-refractivity contribution < 1.29 is 10.2 Å². The molecule has 3 saturated carbocycles. The van der Waals surface area contributed by atoms with Gasteiger partial charge in [-0.05, 0) is 74.0 Å². The van der Waals surface area contributed by atoms with Crippen LogP contribution in [0.4, 0.5) is 0 Å². The van der Waals surface area contributed by atoms with Crippen molar-refractivity contribution in [2.24, 2.45) is 35.0 Å². The fourth-order valence-electron chi connectivity index (χ4n) is 6.87. The number of allylic oxidation sites excluding steroid dienone is 3. The lowest BCUT2D eigenvalue weighted by Crippen LogP contribution is -2.36. The van der Waals surface area contributed by atoms with Gasteiger partial charge < -0.3 is 10.2 Å². The van der Waals surface area contributed by atoms with E-state index in [1.54, 1.807) is 5.57 Å². The molecule has 29 heavy (non-hydrogen) atoms. The number of hydrogen-bond acceptors (Lipinski definition) is 2. The Hall–Kier alpha value is -0.600. The van der Waals surface area contributed by atoms with Gasteiger partial charge in [0.05, 0.1) is 12.2 Å². The van der Waals surface area contributed by atoms with Gasteiger partial charge in [0.25, 0.3) is 0 Å². The number of rotatable bonds is 6. The van der Waals surface area contributed by atoms with Crippen molar-refractivity contribution in [3.05, 3.63) is 23.3 Å². The van der Waals surface area contributed by atoms with Crippen LogP contribution in [0.1, 0.15) is 98.8 Å². The number of aliphatic hydroxyl groups excluding tert-OH is 2. The van der Waals surface area contributed by atoms with Crippen molar-refractivity contribution in [2.45, 2.75) is 111 Å². The maximum atomic E-state index is 10.2. The van der Waals surface area contributed by atoms with Gasteiger partial charge in [-0.3, -0.25) is 0 Å². The summed E-state index contributed by atoms with van der Waals surface area (Å²) in [7, 11) is 0. The van der Waals surface area contributed by atoms with Crippen LogP contribution in [0.15, 0.2) is 23.3 Å². The van der Waals surface area contributed by atoms with Gasteiger partial charge in [0, 0.05) is 5.92 Å². The van der Waals surface area contributed by atoms with E-state index in [-0.39, 0.29) is 5.92 Å². The van der Waals surface area contributed by atoms with Crippen molar-refractivity contribution in [1.29, 1.82) is 0 Å². The number of hydrogen-bond donors (Lipinski definition) is 2. The highest BCUT2D eigenvalue weighted by Gasteiger charge is 2.50. The lowest BCUT2D eigenvalue weighted by molar-refractivity contribution is 0.00407. The molecule has 0 aliphatic heterocycles. The molecule has 166 valence electrons. The Kier molecular flexibility index (Phi) is 7.71. The molecule has 2 unspecified atom stereocenters. The van der Waals surface area contributed by atoms with E-state index in [9.17, 15) is 10.2 Å². The van der Waals surface area contributed by atoms with Crippen LogP contribution >= 0.6 is 0 Å². The van der Waals surface area contributed by atoms with Crippen LogP contribution < -0.4 is 0 Å². The summed E-state index contributed by atoms with van der Waals surface area (Å²) in [6.45, 7) is 11.7. The van der Waals surface area contributed by atoms with Gasteiger partial charge in [-0.1, -0.05) is 77.2 Å². The van der Waals surface area contributed by atoms with Crippen LogP contribution in [-0.2, 0) is 0 Å². The lowest BCUT2D eigenvalue weighted by atomic mass is 9.60. The second-order valence-corrected chi connectivity index (χ2v) is 11.4. The first kappa shape index (κ1) is 23.1. The van der Waals surface area contributed by atoms with E-state index < -0.39 is 12.2 Å². The van der Waals surface area contributed by atoms with E-state index in [4.69, 9.17) is 0 Å². The zero-order valence-electron chi connectivity index (χ0n) is 19.7. The second kappa shape index (κ2) is 9.69. The average molecular weight is 403 g/mol. The highest BCUT2D eigenvalue weighted by atomic mass is 16.3. The minimum atomic E-state index is -0.400. The summed E-state index contributed by atoms with van der Waals surface area (Å²) in [5.41, 5.74) is 3.34. The molecule has 2 N–H and O–H groups in total. The van der Waals surface area contributed by atoms with Gasteiger partial charge in [-0.2, -0.15) is 0 Å². The van der Waals surface area contributed by atoms with E-state index in [0.717, 1.165) is 36.5 Å². The Morgan fingerprint density at radius 3 is 2.38 bits per heavy atom. The van der Waals surface area contributed by atoms with Gasteiger partial charge in [0.2, 0.25) is 0 Å². The molecule has 2 heteroatoms. The standard InChI is InChI=1S/C27H46O2/c1-18(2)8-6-9-19(3)23-13-14-24-22(10-7-15-27(23,24)5)12-11-21-16-25(28)20(4)26(29)17-21/h11-12,18-20,23-26,28-29H,6-10,13-17H2,1-5H3/t19-,20?,23?,24?,25+,26+,27+/m0/s1. The zero-order chi connectivity index (χ0) is 21.2. The third-order valence-electron chi connectivity index (χ3n) is 8.86. The van der Waals surface area contributed by atoms with E-state index in [0.29, 0.717) is 5.41 Å². The van der Waals surface area contributed by atoms with Gasteiger partial charge in [0.15, 0.2) is 0 Å². The fourth-order valence-corrected chi connectivity index (χ4v) is 6.87. The quantitative estimate of drug-likeness (QED) is 0.521. The molecule has 0 aromatic carbocycles. The summed E-state index contributed by atoms with van der Waals surface area (Å²) in [6.07, 6.45) is 16.1. The molecular formula is C27H46O2. The molecule has 0 heterocycles. The third kappa shape index (κ3) is 5.18. The van der Waals surface area contributed by atoms with Crippen molar-refractivity contribution in [1.82, 2.24) is 0 Å². The van der Waals surface area contributed by atoms with Gasteiger partial charge in [-0.15, -0.1) is 0 Å². The van der Waals surface area contributed by atoms with Gasteiger partial charge in [-0.25, -0.2) is 0 Å². The third-order valence-corrected chi connectivity index (χ3v) is 8.86. The fraction of sp³-hybridized carbons (Fsp3) is 0.852. The smallest absolute Gasteiger partial charge is 0.0627 e. The monoisotopic (exact) mass is 402 g/mol. The summed E-state index contributed by atoms with van der Waals surface area (Å²) >= 11 is 0. The average Bonchev–Trinajstić information content (AvgIpc) is 3.01. The van der Waals surface area contributed by atoms with E-state index in [1.165, 1.54) is 56.9 Å². The first-order chi connectivity index (χ1) is 13.7. The lowest BCUT2D eigenvalue weighted by Gasteiger charge is -2.44. The Morgan fingerprint density at radius 1 is 1.03 bits per heavy atom. The Labute approximate surface area is 179 Å². The minimum absolute atomic E-state index is 0.00875. The summed E-state index contributed by atoms with van der Waals surface area (Å²) in [6, 6.07) is 0. The number of aliphatic hydroxyl groups is 2. The first-order valence-electron chi connectivity index (χ1n) is 12.5. The summed E-state index contributed by atoms with van der Waals surface area (Å²) in [5.74, 6) is 3.27. The van der Waals surface area contributed by atoms with Crippen molar-refractivity contribution >= 4 is 0 Å². The largest absolute Gasteiger partial charge is 0.392 e. The van der Waals surface area contributed by atoms with Crippen LogP contribution in [0.5, 0.6) is 0 Å². The number of fused-ring (bicyclic) bond motifs is 1. The van der Waals surface area contributed by atoms with Gasteiger partial charge in [0.1, 0.15) is 0 Å². The highest BCUT2D eigenvalue weighted by molar-refractivity contribution is 5.26. The molecule has 0 aromatic heterocycles. The van der Waals surface area contributed by atoms with Crippen molar-refractivity contribution in [2.75, 3.05) is 0 Å². The topological polar surface area (TPSA) is 40.5 Å². The maximum Gasteiger partial charge on any atom is 0.0627 e. The molecule has 0 amide bonds. The van der Waals surface area contributed by atoms with Crippen LogP contribution in [0.25, 0.3) is 0 Å². The van der Waals surface area contributed by atoms with Crippen molar-refractivity contribution in [3.8, 4) is 0 Å². The predicted molar refractivity (Wildman–Crippen MR) is 123 cm³/mol. The van der Waals surface area contributed by atoms with Crippen LogP contribution in [0.2, 0.25) is 0 Å². The van der Waals surface area contributed by atoms with Crippen molar-refractivity contribution in [3.63, 3.8) is 0 Å².